The summed E-state index contributed by atoms with van der Waals surface area (Å²) in [6, 6.07) is 7.33. The van der Waals surface area contributed by atoms with Crippen LogP contribution in [0.25, 0.3) is 0 Å². The quantitative estimate of drug-likeness (QED) is 0.670. The molecule has 1 rings (SSSR count). The van der Waals surface area contributed by atoms with Crippen molar-refractivity contribution in [1.29, 1.82) is 0 Å². The minimum atomic E-state index is -0.484. The molecule has 20 heavy (non-hydrogen) atoms. The zero-order valence-electron chi connectivity index (χ0n) is 12.6. The first-order valence-corrected chi connectivity index (χ1v) is 7.30. The molecule has 4 nitrogen and oxygen atoms in total. The summed E-state index contributed by atoms with van der Waals surface area (Å²) in [6.07, 6.45) is 1.35. The number of amides is 1. The van der Waals surface area contributed by atoms with Gasteiger partial charge in [-0.1, -0.05) is 38.8 Å². The van der Waals surface area contributed by atoms with Crippen LogP contribution in [0.4, 0.5) is 5.69 Å². The molecule has 2 atom stereocenters. The maximum absolute atomic E-state index is 12.1. The van der Waals surface area contributed by atoms with Crippen molar-refractivity contribution in [2.24, 2.45) is 5.92 Å². The van der Waals surface area contributed by atoms with E-state index >= 15 is 0 Å². The average molecular weight is 278 g/mol. The number of aliphatic hydroxyl groups is 1. The first-order valence-electron chi connectivity index (χ1n) is 7.30. The van der Waals surface area contributed by atoms with Crippen LogP contribution in [0.15, 0.2) is 24.3 Å². The summed E-state index contributed by atoms with van der Waals surface area (Å²) in [4.78, 5) is 12.1. The highest BCUT2D eigenvalue weighted by Gasteiger charge is 2.19. The van der Waals surface area contributed by atoms with Crippen molar-refractivity contribution in [2.45, 2.75) is 45.6 Å². The van der Waals surface area contributed by atoms with Gasteiger partial charge in [0, 0.05) is 12.2 Å². The molecule has 2 unspecified atom stereocenters. The van der Waals surface area contributed by atoms with E-state index in [1.807, 2.05) is 25.1 Å². The number of rotatable bonds is 7. The van der Waals surface area contributed by atoms with Crippen LogP contribution in [0.5, 0.6) is 0 Å². The Morgan fingerprint density at radius 2 is 2.00 bits per heavy atom. The Balaban J connectivity index is 2.54. The van der Waals surface area contributed by atoms with E-state index in [2.05, 4.69) is 19.2 Å². The van der Waals surface area contributed by atoms with E-state index in [1.165, 1.54) is 0 Å². The van der Waals surface area contributed by atoms with Crippen molar-refractivity contribution in [2.75, 3.05) is 12.3 Å². The van der Waals surface area contributed by atoms with Crippen LogP contribution >= 0.6 is 0 Å². The van der Waals surface area contributed by atoms with E-state index in [0.717, 1.165) is 18.4 Å². The third-order valence-corrected chi connectivity index (χ3v) is 3.88. The van der Waals surface area contributed by atoms with Gasteiger partial charge in [0.2, 0.25) is 5.91 Å². The Morgan fingerprint density at radius 1 is 1.35 bits per heavy atom. The normalized spacial score (nSPS) is 14.1. The highest BCUT2D eigenvalue weighted by Crippen LogP contribution is 2.18. The first kappa shape index (κ1) is 16.5. The van der Waals surface area contributed by atoms with Gasteiger partial charge in [0.05, 0.1) is 12.0 Å². The third kappa shape index (κ3) is 4.53. The van der Waals surface area contributed by atoms with Gasteiger partial charge in [0.15, 0.2) is 0 Å². The fourth-order valence-electron chi connectivity index (χ4n) is 2.34. The van der Waals surface area contributed by atoms with E-state index < -0.39 is 6.10 Å². The molecule has 1 amide bonds. The van der Waals surface area contributed by atoms with Gasteiger partial charge in [0.1, 0.15) is 0 Å². The number of hydrogen-bond acceptors (Lipinski definition) is 3. The number of carbonyl (C=O) groups is 1. The molecule has 112 valence electrons. The van der Waals surface area contributed by atoms with Crippen LogP contribution in [0.1, 0.15) is 45.1 Å². The SMILES string of the molecule is CCC(CC)C(O)CNC(=O)C(C)c1cccc(N)c1. The molecule has 0 aliphatic rings. The molecule has 1 aromatic rings. The topological polar surface area (TPSA) is 75.3 Å². The van der Waals surface area contributed by atoms with E-state index in [1.54, 1.807) is 6.07 Å². The minimum absolute atomic E-state index is 0.0828. The predicted molar refractivity (Wildman–Crippen MR) is 82.4 cm³/mol. The highest BCUT2D eigenvalue weighted by molar-refractivity contribution is 5.83. The summed E-state index contributed by atoms with van der Waals surface area (Å²) >= 11 is 0. The smallest absolute Gasteiger partial charge is 0.227 e. The molecule has 4 N–H and O–H groups in total. The van der Waals surface area contributed by atoms with Crippen LogP contribution in [0.2, 0.25) is 0 Å². The fraction of sp³-hybridized carbons (Fsp3) is 0.562. The Kier molecular flexibility index (Phi) is 6.52. The number of anilines is 1. The van der Waals surface area contributed by atoms with Crippen LogP contribution in [-0.4, -0.2) is 23.7 Å². The van der Waals surface area contributed by atoms with Gasteiger partial charge in [-0.05, 0) is 30.5 Å². The molecule has 0 aliphatic heterocycles. The molecule has 0 aliphatic carbocycles. The van der Waals surface area contributed by atoms with Gasteiger partial charge in [-0.15, -0.1) is 0 Å². The van der Waals surface area contributed by atoms with Gasteiger partial charge < -0.3 is 16.2 Å². The summed E-state index contributed by atoms with van der Waals surface area (Å²) in [7, 11) is 0. The summed E-state index contributed by atoms with van der Waals surface area (Å²) in [5, 5.41) is 12.8. The Labute approximate surface area is 121 Å². The monoisotopic (exact) mass is 278 g/mol. The fourth-order valence-corrected chi connectivity index (χ4v) is 2.34. The molecule has 0 spiro atoms. The highest BCUT2D eigenvalue weighted by atomic mass is 16.3. The average Bonchev–Trinajstić information content (AvgIpc) is 2.45. The Bertz CT molecular complexity index is 430. The van der Waals surface area contributed by atoms with E-state index in [-0.39, 0.29) is 17.7 Å². The zero-order valence-corrected chi connectivity index (χ0v) is 12.6. The maximum atomic E-state index is 12.1. The van der Waals surface area contributed by atoms with Crippen molar-refractivity contribution in [3.63, 3.8) is 0 Å². The number of carbonyl (C=O) groups excluding carboxylic acids is 1. The number of nitrogens with one attached hydrogen (secondary N) is 1. The number of nitrogen functional groups attached to an aromatic ring is 1. The van der Waals surface area contributed by atoms with Crippen LogP contribution < -0.4 is 11.1 Å². The van der Waals surface area contributed by atoms with E-state index in [4.69, 9.17) is 5.73 Å². The Morgan fingerprint density at radius 3 is 2.55 bits per heavy atom. The van der Waals surface area contributed by atoms with Gasteiger partial charge in [0.25, 0.3) is 0 Å². The molecule has 0 saturated carbocycles. The Hall–Kier alpha value is -1.55. The first-order chi connectivity index (χ1) is 9.49. The molecule has 0 radical (unpaired) electrons. The molecule has 0 aromatic heterocycles. The van der Waals surface area contributed by atoms with Crippen molar-refractivity contribution in [3.8, 4) is 0 Å². The second-order valence-electron chi connectivity index (χ2n) is 5.28. The lowest BCUT2D eigenvalue weighted by Gasteiger charge is -2.21. The minimum Gasteiger partial charge on any atom is -0.399 e. The molecule has 0 saturated heterocycles. The van der Waals surface area contributed by atoms with Crippen molar-refractivity contribution < 1.29 is 9.90 Å². The third-order valence-electron chi connectivity index (χ3n) is 3.88. The van der Waals surface area contributed by atoms with Crippen LogP contribution in [0.3, 0.4) is 0 Å². The van der Waals surface area contributed by atoms with Crippen molar-refractivity contribution in [3.05, 3.63) is 29.8 Å². The zero-order chi connectivity index (χ0) is 15.1. The lowest BCUT2D eigenvalue weighted by molar-refractivity contribution is -0.122. The summed E-state index contributed by atoms with van der Waals surface area (Å²) in [6.45, 7) is 6.24. The molecule has 0 bridgehead atoms. The maximum Gasteiger partial charge on any atom is 0.227 e. The van der Waals surface area contributed by atoms with Crippen LogP contribution in [-0.2, 0) is 4.79 Å². The van der Waals surface area contributed by atoms with Crippen molar-refractivity contribution in [1.82, 2.24) is 5.32 Å². The molecular weight excluding hydrogens is 252 g/mol. The van der Waals surface area contributed by atoms with Gasteiger partial charge in [-0.3, -0.25) is 4.79 Å². The second kappa shape index (κ2) is 7.90. The molecular formula is C16H26N2O2. The lowest BCUT2D eigenvalue weighted by atomic mass is 9.96. The molecule has 4 heteroatoms. The standard InChI is InChI=1S/C16H26N2O2/c1-4-12(5-2)15(19)10-18-16(20)11(3)13-7-6-8-14(17)9-13/h6-9,11-12,15,19H,4-5,10,17H2,1-3H3,(H,18,20). The lowest BCUT2D eigenvalue weighted by Crippen LogP contribution is -2.37. The van der Waals surface area contributed by atoms with Crippen molar-refractivity contribution >= 4 is 11.6 Å². The van der Waals surface area contributed by atoms with E-state index in [9.17, 15) is 9.90 Å². The summed E-state index contributed by atoms with van der Waals surface area (Å²) in [5.74, 6) is -0.119. The summed E-state index contributed by atoms with van der Waals surface area (Å²) < 4.78 is 0. The number of hydrogen-bond donors (Lipinski definition) is 3. The van der Waals surface area contributed by atoms with Gasteiger partial charge in [-0.2, -0.15) is 0 Å². The molecule has 1 aromatic carbocycles. The van der Waals surface area contributed by atoms with Gasteiger partial charge >= 0.3 is 0 Å². The second-order valence-corrected chi connectivity index (χ2v) is 5.28. The number of nitrogens with two attached hydrogens (primary N) is 1. The number of aliphatic hydroxyl groups excluding tert-OH is 1. The molecule has 0 heterocycles. The number of benzene rings is 1. The summed E-state index contributed by atoms with van der Waals surface area (Å²) in [5.41, 5.74) is 7.26. The predicted octanol–water partition coefficient (Wildman–Crippen LogP) is 2.29. The van der Waals surface area contributed by atoms with Gasteiger partial charge in [-0.25, -0.2) is 0 Å². The van der Waals surface area contributed by atoms with Crippen LogP contribution in [0, 0.1) is 5.92 Å². The molecule has 0 fully saturated rings. The van der Waals surface area contributed by atoms with E-state index in [0.29, 0.717) is 12.2 Å². The largest absolute Gasteiger partial charge is 0.399 e.